The zero-order valence-electron chi connectivity index (χ0n) is 10.3. The van der Waals surface area contributed by atoms with Crippen LogP contribution in [-0.2, 0) is 6.61 Å². The van der Waals surface area contributed by atoms with Crippen molar-refractivity contribution in [3.63, 3.8) is 0 Å². The lowest BCUT2D eigenvalue weighted by Gasteiger charge is -2.07. The molecule has 0 aliphatic heterocycles. The Morgan fingerprint density at radius 1 is 1.32 bits per heavy atom. The number of benzene rings is 1. The maximum Gasteiger partial charge on any atom is 0.335 e. The summed E-state index contributed by atoms with van der Waals surface area (Å²) in [7, 11) is 0. The number of aromatic carboxylic acids is 1. The number of carboxylic acid groups (broad SMARTS) is 1. The summed E-state index contributed by atoms with van der Waals surface area (Å²) in [4.78, 5) is 15.1. The van der Waals surface area contributed by atoms with Crippen molar-refractivity contribution in [2.24, 2.45) is 0 Å². The molecule has 0 fully saturated rings. The number of rotatable bonds is 4. The third kappa shape index (κ3) is 3.29. The van der Waals surface area contributed by atoms with E-state index in [2.05, 4.69) is 4.98 Å². The highest BCUT2D eigenvalue weighted by Crippen LogP contribution is 2.22. The summed E-state index contributed by atoms with van der Waals surface area (Å²) < 4.78 is 5.51. The molecule has 0 atom stereocenters. The number of aliphatic hydroxyl groups is 1. The first-order chi connectivity index (χ1) is 9.08. The van der Waals surface area contributed by atoms with E-state index >= 15 is 0 Å². The molecular formula is C14H13NO4. The zero-order valence-corrected chi connectivity index (χ0v) is 10.3. The highest BCUT2D eigenvalue weighted by Gasteiger charge is 2.08. The Bertz CT molecular complexity index is 610. The normalized spacial score (nSPS) is 10.2. The SMILES string of the molecule is Cc1cc(C(=O)O)cc(Oc2cccc(CO)c2)n1. The average Bonchev–Trinajstić information content (AvgIpc) is 2.38. The van der Waals surface area contributed by atoms with E-state index in [1.165, 1.54) is 12.1 Å². The molecule has 0 amide bonds. The Balaban J connectivity index is 2.29. The minimum absolute atomic E-state index is 0.0845. The van der Waals surface area contributed by atoms with Gasteiger partial charge in [-0.3, -0.25) is 0 Å². The summed E-state index contributed by atoms with van der Waals surface area (Å²) in [6.45, 7) is 1.61. The number of hydrogen-bond donors (Lipinski definition) is 2. The fraction of sp³-hybridized carbons (Fsp3) is 0.143. The highest BCUT2D eigenvalue weighted by atomic mass is 16.5. The summed E-state index contributed by atoms with van der Waals surface area (Å²) >= 11 is 0. The maximum atomic E-state index is 10.9. The van der Waals surface area contributed by atoms with Gasteiger partial charge in [-0.1, -0.05) is 12.1 Å². The quantitative estimate of drug-likeness (QED) is 0.881. The van der Waals surface area contributed by atoms with Crippen LogP contribution in [0.25, 0.3) is 0 Å². The smallest absolute Gasteiger partial charge is 0.335 e. The van der Waals surface area contributed by atoms with E-state index in [1.54, 1.807) is 31.2 Å². The molecule has 98 valence electrons. The Hall–Kier alpha value is -2.40. The largest absolute Gasteiger partial charge is 0.478 e. The zero-order chi connectivity index (χ0) is 13.8. The van der Waals surface area contributed by atoms with Gasteiger partial charge in [0.1, 0.15) is 5.75 Å². The van der Waals surface area contributed by atoms with Gasteiger partial charge in [0.2, 0.25) is 5.88 Å². The molecule has 1 aromatic carbocycles. The Morgan fingerprint density at radius 2 is 2.11 bits per heavy atom. The number of carboxylic acids is 1. The summed E-state index contributed by atoms with van der Waals surface area (Å²) in [5, 5.41) is 18.0. The number of aromatic nitrogens is 1. The summed E-state index contributed by atoms with van der Waals surface area (Å²) in [6.07, 6.45) is 0. The van der Waals surface area contributed by atoms with Gasteiger partial charge in [-0.25, -0.2) is 9.78 Å². The molecule has 2 N–H and O–H groups in total. The standard InChI is InChI=1S/C14H13NO4/c1-9-5-11(14(17)18)7-13(15-9)19-12-4-2-3-10(6-12)8-16/h2-7,16H,8H2,1H3,(H,17,18). The van der Waals surface area contributed by atoms with Crippen molar-refractivity contribution in [3.8, 4) is 11.6 Å². The number of aliphatic hydroxyl groups excluding tert-OH is 1. The van der Waals surface area contributed by atoms with Crippen LogP contribution in [0.1, 0.15) is 21.6 Å². The third-order valence-electron chi connectivity index (χ3n) is 2.48. The monoisotopic (exact) mass is 259 g/mol. The van der Waals surface area contributed by atoms with Crippen LogP contribution in [0.5, 0.6) is 11.6 Å². The number of ether oxygens (including phenoxy) is 1. The van der Waals surface area contributed by atoms with Crippen molar-refractivity contribution >= 4 is 5.97 Å². The van der Waals surface area contributed by atoms with Crippen molar-refractivity contribution in [2.45, 2.75) is 13.5 Å². The van der Waals surface area contributed by atoms with Gasteiger partial charge in [-0.05, 0) is 30.7 Å². The number of pyridine rings is 1. The second-order valence-electron chi connectivity index (χ2n) is 4.05. The van der Waals surface area contributed by atoms with Crippen LogP contribution in [0.15, 0.2) is 36.4 Å². The van der Waals surface area contributed by atoms with Crippen molar-refractivity contribution in [1.29, 1.82) is 0 Å². The van der Waals surface area contributed by atoms with E-state index in [0.29, 0.717) is 17.0 Å². The molecule has 0 radical (unpaired) electrons. The van der Waals surface area contributed by atoms with Crippen LogP contribution >= 0.6 is 0 Å². The first-order valence-electron chi connectivity index (χ1n) is 5.68. The summed E-state index contributed by atoms with van der Waals surface area (Å²) in [5.74, 6) is -0.312. The molecule has 0 spiro atoms. The van der Waals surface area contributed by atoms with Gasteiger partial charge >= 0.3 is 5.97 Å². The lowest BCUT2D eigenvalue weighted by Crippen LogP contribution is -2.00. The van der Waals surface area contributed by atoms with E-state index in [9.17, 15) is 4.79 Å². The van der Waals surface area contributed by atoms with E-state index in [1.807, 2.05) is 0 Å². The Kier molecular flexibility index (Phi) is 3.77. The minimum atomic E-state index is -1.03. The third-order valence-corrected chi connectivity index (χ3v) is 2.48. The van der Waals surface area contributed by atoms with Crippen molar-refractivity contribution in [2.75, 3.05) is 0 Å². The van der Waals surface area contributed by atoms with E-state index in [-0.39, 0.29) is 18.1 Å². The predicted molar refractivity (Wildman–Crippen MR) is 68.4 cm³/mol. The van der Waals surface area contributed by atoms with E-state index in [0.717, 1.165) is 0 Å². The van der Waals surface area contributed by atoms with Gasteiger partial charge in [0, 0.05) is 11.8 Å². The molecule has 0 aliphatic rings. The molecule has 2 rings (SSSR count). The minimum Gasteiger partial charge on any atom is -0.478 e. The van der Waals surface area contributed by atoms with Crippen LogP contribution in [0, 0.1) is 6.92 Å². The second kappa shape index (κ2) is 5.49. The van der Waals surface area contributed by atoms with Gasteiger partial charge in [0.15, 0.2) is 0 Å². The second-order valence-corrected chi connectivity index (χ2v) is 4.05. The molecule has 19 heavy (non-hydrogen) atoms. The molecule has 0 saturated heterocycles. The average molecular weight is 259 g/mol. The number of aryl methyl sites for hydroxylation is 1. The number of carbonyl (C=O) groups is 1. The molecule has 1 heterocycles. The Labute approximate surface area is 110 Å². The van der Waals surface area contributed by atoms with Gasteiger partial charge < -0.3 is 14.9 Å². The molecule has 1 aromatic heterocycles. The summed E-state index contributed by atoms with van der Waals surface area (Å²) in [5.41, 5.74) is 1.40. The summed E-state index contributed by atoms with van der Waals surface area (Å²) in [6, 6.07) is 9.72. The molecule has 0 saturated carbocycles. The molecule has 5 heteroatoms. The molecule has 2 aromatic rings. The van der Waals surface area contributed by atoms with Gasteiger partial charge in [0.25, 0.3) is 0 Å². The first kappa shape index (κ1) is 13.0. The van der Waals surface area contributed by atoms with Crippen molar-refractivity contribution < 1.29 is 19.7 Å². The van der Waals surface area contributed by atoms with Crippen LogP contribution < -0.4 is 4.74 Å². The topological polar surface area (TPSA) is 79.7 Å². The predicted octanol–water partition coefficient (Wildman–Crippen LogP) is 2.37. The van der Waals surface area contributed by atoms with Gasteiger partial charge in [-0.15, -0.1) is 0 Å². The van der Waals surface area contributed by atoms with E-state index in [4.69, 9.17) is 14.9 Å². The van der Waals surface area contributed by atoms with Crippen LogP contribution in [0.4, 0.5) is 0 Å². The Morgan fingerprint density at radius 3 is 2.79 bits per heavy atom. The van der Waals surface area contributed by atoms with E-state index < -0.39 is 5.97 Å². The van der Waals surface area contributed by atoms with Crippen molar-refractivity contribution in [1.82, 2.24) is 4.98 Å². The van der Waals surface area contributed by atoms with Crippen LogP contribution in [0.2, 0.25) is 0 Å². The first-order valence-corrected chi connectivity index (χ1v) is 5.68. The molecular weight excluding hydrogens is 246 g/mol. The lowest BCUT2D eigenvalue weighted by molar-refractivity contribution is 0.0696. The van der Waals surface area contributed by atoms with Crippen molar-refractivity contribution in [3.05, 3.63) is 53.2 Å². The highest BCUT2D eigenvalue weighted by molar-refractivity contribution is 5.88. The van der Waals surface area contributed by atoms with Crippen LogP contribution in [-0.4, -0.2) is 21.2 Å². The fourth-order valence-corrected chi connectivity index (χ4v) is 1.64. The lowest BCUT2D eigenvalue weighted by atomic mass is 10.2. The molecule has 0 aliphatic carbocycles. The van der Waals surface area contributed by atoms with Crippen LogP contribution in [0.3, 0.4) is 0 Å². The maximum absolute atomic E-state index is 10.9. The number of hydrogen-bond acceptors (Lipinski definition) is 4. The number of nitrogens with zero attached hydrogens (tertiary/aromatic N) is 1. The van der Waals surface area contributed by atoms with Gasteiger partial charge in [0.05, 0.1) is 12.2 Å². The van der Waals surface area contributed by atoms with Gasteiger partial charge in [-0.2, -0.15) is 0 Å². The molecule has 0 bridgehead atoms. The fourth-order valence-electron chi connectivity index (χ4n) is 1.64. The molecule has 0 unspecified atom stereocenters. The molecule has 5 nitrogen and oxygen atoms in total.